The summed E-state index contributed by atoms with van der Waals surface area (Å²) in [6.45, 7) is 1.97. The summed E-state index contributed by atoms with van der Waals surface area (Å²) in [5, 5.41) is 3.01. The lowest BCUT2D eigenvalue weighted by molar-refractivity contribution is 0.0994. The van der Waals surface area contributed by atoms with Gasteiger partial charge in [0.15, 0.2) is 5.78 Å². The Balaban J connectivity index is 1.92. The second-order valence-electron chi connectivity index (χ2n) is 4.54. The summed E-state index contributed by atoms with van der Waals surface area (Å²) in [6, 6.07) is 13.7. The van der Waals surface area contributed by atoms with E-state index < -0.39 is 0 Å². The summed E-state index contributed by atoms with van der Waals surface area (Å²) >= 11 is 1.62. The third-order valence-electron chi connectivity index (χ3n) is 3.07. The Kier molecular flexibility index (Phi) is 3.13. The molecule has 0 spiro atoms. The molecule has 3 heteroatoms. The van der Waals surface area contributed by atoms with Crippen LogP contribution in [0.3, 0.4) is 0 Å². The van der Waals surface area contributed by atoms with Crippen molar-refractivity contribution >= 4 is 28.0 Å². The molecule has 0 unspecified atom stereocenters. The molecule has 1 aromatic carbocycles. The van der Waals surface area contributed by atoms with E-state index in [0.717, 1.165) is 27.0 Å². The molecule has 0 N–H and O–H groups in total. The summed E-state index contributed by atoms with van der Waals surface area (Å²) in [5.74, 6) is 0.157. The van der Waals surface area contributed by atoms with Gasteiger partial charge in [-0.3, -0.25) is 9.78 Å². The van der Waals surface area contributed by atoms with Gasteiger partial charge >= 0.3 is 0 Å². The number of ketones is 1. The fraction of sp³-hybridized carbons (Fsp3) is 0.125. The van der Waals surface area contributed by atoms with Gasteiger partial charge in [0.1, 0.15) is 0 Å². The monoisotopic (exact) mass is 267 g/mol. The second-order valence-corrected chi connectivity index (χ2v) is 5.57. The zero-order chi connectivity index (χ0) is 13.2. The minimum absolute atomic E-state index is 0.157. The van der Waals surface area contributed by atoms with Crippen molar-refractivity contribution in [3.8, 4) is 0 Å². The topological polar surface area (TPSA) is 30.0 Å². The molecule has 0 bridgehead atoms. The number of hydrogen-bond acceptors (Lipinski definition) is 3. The van der Waals surface area contributed by atoms with E-state index in [-0.39, 0.29) is 5.78 Å². The molecule has 19 heavy (non-hydrogen) atoms. The number of benzene rings is 1. The maximum Gasteiger partial charge on any atom is 0.168 e. The van der Waals surface area contributed by atoms with Crippen LogP contribution in [0.15, 0.2) is 47.8 Å². The Hall–Kier alpha value is -2.00. The van der Waals surface area contributed by atoms with Crippen LogP contribution in [-0.2, 0) is 6.42 Å². The number of carbonyl (C=O) groups is 1. The molecule has 0 saturated heterocycles. The van der Waals surface area contributed by atoms with Crippen molar-refractivity contribution in [2.75, 3.05) is 0 Å². The van der Waals surface area contributed by atoms with E-state index in [0.29, 0.717) is 6.42 Å². The van der Waals surface area contributed by atoms with Crippen molar-refractivity contribution < 1.29 is 4.79 Å². The average molecular weight is 267 g/mol. The van der Waals surface area contributed by atoms with Crippen LogP contribution in [0.5, 0.6) is 0 Å². The number of thiophene rings is 1. The maximum atomic E-state index is 12.2. The van der Waals surface area contributed by atoms with Gasteiger partial charge in [0, 0.05) is 27.9 Å². The molecular formula is C16H13NOS. The Morgan fingerprint density at radius 1 is 1.21 bits per heavy atom. The predicted octanol–water partition coefficient (Wildman–Crippen LogP) is 4.03. The molecule has 0 aliphatic heterocycles. The molecule has 2 aromatic heterocycles. The summed E-state index contributed by atoms with van der Waals surface area (Å²) in [6.07, 6.45) is 0.475. The van der Waals surface area contributed by atoms with Crippen molar-refractivity contribution in [2.24, 2.45) is 0 Å². The van der Waals surface area contributed by atoms with Crippen molar-refractivity contribution in [2.45, 2.75) is 13.3 Å². The van der Waals surface area contributed by atoms with E-state index in [1.807, 2.05) is 54.8 Å². The lowest BCUT2D eigenvalue weighted by Crippen LogP contribution is -2.02. The van der Waals surface area contributed by atoms with Gasteiger partial charge in [0.05, 0.1) is 5.52 Å². The molecule has 2 nitrogen and oxygen atoms in total. The first-order valence-electron chi connectivity index (χ1n) is 6.15. The lowest BCUT2D eigenvalue weighted by atomic mass is 10.0. The van der Waals surface area contributed by atoms with Gasteiger partial charge in [-0.1, -0.05) is 12.1 Å². The number of Topliss-reactive ketones (excluding diaryl/α,β-unsaturated/α-hetero) is 1. The van der Waals surface area contributed by atoms with Crippen LogP contribution >= 0.6 is 11.3 Å². The van der Waals surface area contributed by atoms with Crippen LogP contribution in [0.25, 0.3) is 10.9 Å². The van der Waals surface area contributed by atoms with Gasteiger partial charge in [-0.2, -0.15) is 0 Å². The van der Waals surface area contributed by atoms with Crippen LogP contribution < -0.4 is 0 Å². The highest BCUT2D eigenvalue weighted by molar-refractivity contribution is 7.10. The van der Waals surface area contributed by atoms with Gasteiger partial charge in [-0.15, -0.1) is 11.3 Å². The van der Waals surface area contributed by atoms with Gasteiger partial charge in [0.25, 0.3) is 0 Å². The quantitative estimate of drug-likeness (QED) is 0.671. The number of pyridine rings is 1. The van der Waals surface area contributed by atoms with Crippen LogP contribution in [-0.4, -0.2) is 10.8 Å². The SMILES string of the molecule is Cc1ccc2cc(C(=O)Cc3cccs3)ccc2n1. The summed E-state index contributed by atoms with van der Waals surface area (Å²) in [5.41, 5.74) is 2.68. The van der Waals surface area contributed by atoms with Gasteiger partial charge in [0.2, 0.25) is 0 Å². The van der Waals surface area contributed by atoms with Crippen LogP contribution in [0.2, 0.25) is 0 Å². The molecule has 0 fully saturated rings. The molecule has 0 radical (unpaired) electrons. The fourth-order valence-electron chi connectivity index (χ4n) is 2.07. The predicted molar refractivity (Wildman–Crippen MR) is 78.8 cm³/mol. The van der Waals surface area contributed by atoms with E-state index in [2.05, 4.69) is 4.98 Å². The molecule has 0 amide bonds. The number of carbonyl (C=O) groups excluding carboxylic acids is 1. The van der Waals surface area contributed by atoms with Crippen molar-refractivity contribution in [3.05, 3.63) is 64.0 Å². The molecule has 94 valence electrons. The molecule has 3 aromatic rings. The van der Waals surface area contributed by atoms with E-state index in [4.69, 9.17) is 0 Å². The first-order chi connectivity index (χ1) is 9.22. The molecule has 0 atom stereocenters. The Bertz CT molecular complexity index is 732. The normalized spacial score (nSPS) is 10.8. The molecule has 0 aliphatic carbocycles. The fourth-order valence-corrected chi connectivity index (χ4v) is 2.78. The molecule has 3 rings (SSSR count). The summed E-state index contributed by atoms with van der Waals surface area (Å²) < 4.78 is 0. The van der Waals surface area contributed by atoms with E-state index in [1.54, 1.807) is 11.3 Å². The van der Waals surface area contributed by atoms with Crippen molar-refractivity contribution in [1.29, 1.82) is 0 Å². The Labute approximate surface area is 115 Å². The summed E-state index contributed by atoms with van der Waals surface area (Å²) in [7, 11) is 0. The third kappa shape index (κ3) is 2.56. The number of rotatable bonds is 3. The van der Waals surface area contributed by atoms with E-state index >= 15 is 0 Å². The lowest BCUT2D eigenvalue weighted by Gasteiger charge is -2.03. The van der Waals surface area contributed by atoms with Gasteiger partial charge in [-0.25, -0.2) is 0 Å². The number of hydrogen-bond donors (Lipinski definition) is 0. The van der Waals surface area contributed by atoms with Crippen molar-refractivity contribution in [3.63, 3.8) is 0 Å². The molecule has 0 saturated carbocycles. The summed E-state index contributed by atoms with van der Waals surface area (Å²) in [4.78, 5) is 17.8. The molecular weight excluding hydrogens is 254 g/mol. The van der Waals surface area contributed by atoms with Crippen molar-refractivity contribution in [1.82, 2.24) is 4.98 Å². The second kappa shape index (κ2) is 4.94. The standard InChI is InChI=1S/C16H13NOS/c1-11-4-5-12-9-13(6-7-15(12)17-11)16(18)10-14-3-2-8-19-14/h2-9H,10H2,1H3. The maximum absolute atomic E-state index is 12.2. The first kappa shape index (κ1) is 12.1. The number of aromatic nitrogens is 1. The molecule has 2 heterocycles. The number of aryl methyl sites for hydroxylation is 1. The Morgan fingerprint density at radius 2 is 2.11 bits per heavy atom. The highest BCUT2D eigenvalue weighted by Crippen LogP contribution is 2.17. The minimum atomic E-state index is 0.157. The van der Waals surface area contributed by atoms with Gasteiger partial charge in [-0.05, 0) is 42.6 Å². The highest BCUT2D eigenvalue weighted by Gasteiger charge is 2.08. The largest absolute Gasteiger partial charge is 0.294 e. The minimum Gasteiger partial charge on any atom is -0.294 e. The molecule has 0 aliphatic rings. The Morgan fingerprint density at radius 3 is 2.89 bits per heavy atom. The first-order valence-corrected chi connectivity index (χ1v) is 7.03. The zero-order valence-electron chi connectivity index (χ0n) is 10.6. The number of nitrogens with zero attached hydrogens (tertiary/aromatic N) is 1. The smallest absolute Gasteiger partial charge is 0.168 e. The van der Waals surface area contributed by atoms with E-state index in [1.165, 1.54) is 0 Å². The third-order valence-corrected chi connectivity index (χ3v) is 3.94. The van der Waals surface area contributed by atoms with Crippen LogP contribution in [0.1, 0.15) is 20.9 Å². The van der Waals surface area contributed by atoms with Crippen LogP contribution in [0, 0.1) is 6.92 Å². The van der Waals surface area contributed by atoms with Gasteiger partial charge < -0.3 is 0 Å². The van der Waals surface area contributed by atoms with Crippen LogP contribution in [0.4, 0.5) is 0 Å². The number of fused-ring (bicyclic) bond motifs is 1. The average Bonchev–Trinajstić information content (AvgIpc) is 2.91. The van der Waals surface area contributed by atoms with E-state index in [9.17, 15) is 4.79 Å². The highest BCUT2D eigenvalue weighted by atomic mass is 32.1. The zero-order valence-corrected chi connectivity index (χ0v) is 11.4.